The van der Waals surface area contributed by atoms with Gasteiger partial charge in [0.15, 0.2) is 0 Å². The molecule has 0 bridgehead atoms. The van der Waals surface area contributed by atoms with Crippen molar-refractivity contribution in [2.45, 2.75) is 12.8 Å². The summed E-state index contributed by atoms with van der Waals surface area (Å²) in [7, 11) is 0. The Morgan fingerprint density at radius 1 is 1.40 bits per heavy atom. The second kappa shape index (κ2) is 4.03. The van der Waals surface area contributed by atoms with Crippen LogP contribution in [0.15, 0.2) is 30.5 Å². The van der Waals surface area contributed by atoms with Gasteiger partial charge in [-0.2, -0.15) is 5.10 Å². The van der Waals surface area contributed by atoms with Crippen LogP contribution in [-0.2, 0) is 5.88 Å². The Morgan fingerprint density at radius 2 is 2.20 bits per heavy atom. The van der Waals surface area contributed by atoms with E-state index in [0.29, 0.717) is 11.4 Å². The van der Waals surface area contributed by atoms with Crippen molar-refractivity contribution in [1.29, 1.82) is 0 Å². The molecule has 0 saturated carbocycles. The second-order valence-electron chi connectivity index (χ2n) is 3.27. The first-order valence-corrected chi connectivity index (χ1v) is 5.12. The largest absolute Gasteiger partial charge is 0.240 e. The summed E-state index contributed by atoms with van der Waals surface area (Å²) >= 11 is 5.65. The zero-order chi connectivity index (χ0) is 10.8. The topological polar surface area (TPSA) is 17.8 Å². The van der Waals surface area contributed by atoms with E-state index >= 15 is 0 Å². The minimum atomic E-state index is -0.226. The molecule has 0 saturated heterocycles. The molecule has 15 heavy (non-hydrogen) atoms. The highest BCUT2D eigenvalue weighted by Crippen LogP contribution is 2.16. The van der Waals surface area contributed by atoms with Crippen molar-refractivity contribution < 1.29 is 4.39 Å². The van der Waals surface area contributed by atoms with E-state index in [2.05, 4.69) is 5.10 Å². The molecule has 2 rings (SSSR count). The zero-order valence-electron chi connectivity index (χ0n) is 8.24. The van der Waals surface area contributed by atoms with Crippen LogP contribution in [0, 0.1) is 12.7 Å². The first kappa shape index (κ1) is 10.2. The molecule has 2 aromatic rings. The normalized spacial score (nSPS) is 10.6. The Morgan fingerprint density at radius 3 is 2.87 bits per heavy atom. The predicted molar refractivity (Wildman–Crippen MR) is 57.8 cm³/mol. The third-order valence-corrected chi connectivity index (χ3v) is 2.54. The Labute approximate surface area is 92.3 Å². The highest BCUT2D eigenvalue weighted by molar-refractivity contribution is 6.16. The number of alkyl halides is 1. The van der Waals surface area contributed by atoms with E-state index < -0.39 is 0 Å². The van der Waals surface area contributed by atoms with Gasteiger partial charge >= 0.3 is 0 Å². The SMILES string of the molecule is Cc1c(F)cccc1-n1ccc(CCl)n1. The van der Waals surface area contributed by atoms with Crippen molar-refractivity contribution in [2.75, 3.05) is 0 Å². The molecule has 0 amide bonds. The molecule has 0 unspecified atom stereocenters. The van der Waals surface area contributed by atoms with Crippen molar-refractivity contribution in [1.82, 2.24) is 9.78 Å². The van der Waals surface area contributed by atoms with Crippen LogP contribution in [0.4, 0.5) is 4.39 Å². The summed E-state index contributed by atoms with van der Waals surface area (Å²) in [6.07, 6.45) is 1.78. The lowest BCUT2D eigenvalue weighted by atomic mass is 10.2. The second-order valence-corrected chi connectivity index (χ2v) is 3.54. The van der Waals surface area contributed by atoms with Gasteiger partial charge in [-0.1, -0.05) is 6.07 Å². The minimum absolute atomic E-state index is 0.226. The van der Waals surface area contributed by atoms with E-state index in [1.165, 1.54) is 6.07 Å². The van der Waals surface area contributed by atoms with Gasteiger partial charge in [-0.3, -0.25) is 0 Å². The molecule has 78 valence electrons. The van der Waals surface area contributed by atoms with Gasteiger partial charge in [0.1, 0.15) is 5.82 Å². The number of nitrogens with zero attached hydrogens (tertiary/aromatic N) is 2. The van der Waals surface area contributed by atoms with E-state index in [1.807, 2.05) is 12.1 Å². The van der Waals surface area contributed by atoms with Crippen LogP contribution in [0.2, 0.25) is 0 Å². The number of halogens is 2. The smallest absolute Gasteiger partial charge is 0.128 e. The van der Waals surface area contributed by atoms with Crippen LogP contribution in [-0.4, -0.2) is 9.78 Å². The van der Waals surface area contributed by atoms with Crippen LogP contribution < -0.4 is 0 Å². The van der Waals surface area contributed by atoms with E-state index in [9.17, 15) is 4.39 Å². The highest BCUT2D eigenvalue weighted by Gasteiger charge is 2.06. The molecule has 0 aliphatic rings. The van der Waals surface area contributed by atoms with Crippen LogP contribution in [0.3, 0.4) is 0 Å². The van der Waals surface area contributed by atoms with Crippen LogP contribution in [0.1, 0.15) is 11.3 Å². The quantitative estimate of drug-likeness (QED) is 0.717. The van der Waals surface area contributed by atoms with Crippen LogP contribution >= 0.6 is 11.6 Å². The third-order valence-electron chi connectivity index (χ3n) is 2.27. The standard InChI is InChI=1S/C11H10ClFN2/c1-8-10(13)3-2-4-11(8)15-6-5-9(7-12)14-15/h2-6H,7H2,1H3. The first-order valence-electron chi connectivity index (χ1n) is 4.58. The zero-order valence-corrected chi connectivity index (χ0v) is 9.00. The van der Waals surface area contributed by atoms with E-state index in [0.717, 1.165) is 11.4 Å². The summed E-state index contributed by atoms with van der Waals surface area (Å²) in [6, 6.07) is 6.74. The summed E-state index contributed by atoms with van der Waals surface area (Å²) in [4.78, 5) is 0. The molecule has 0 N–H and O–H groups in total. The summed E-state index contributed by atoms with van der Waals surface area (Å²) in [5, 5.41) is 4.22. The molecule has 2 nitrogen and oxygen atoms in total. The van der Waals surface area contributed by atoms with Gasteiger partial charge in [0.2, 0.25) is 0 Å². The number of hydrogen-bond acceptors (Lipinski definition) is 1. The summed E-state index contributed by atoms with van der Waals surface area (Å²) < 4.78 is 14.9. The molecule has 0 aliphatic heterocycles. The summed E-state index contributed by atoms with van der Waals surface area (Å²) in [6.45, 7) is 1.73. The predicted octanol–water partition coefficient (Wildman–Crippen LogP) is 3.06. The number of benzene rings is 1. The minimum Gasteiger partial charge on any atom is -0.240 e. The first-order chi connectivity index (χ1) is 7.22. The number of aromatic nitrogens is 2. The van der Waals surface area contributed by atoms with Crippen LogP contribution in [0.5, 0.6) is 0 Å². The Hall–Kier alpha value is -1.35. The molecule has 1 aromatic heterocycles. The molecule has 1 heterocycles. The Kier molecular flexibility index (Phi) is 2.73. The van der Waals surface area contributed by atoms with Gasteiger partial charge in [0.25, 0.3) is 0 Å². The lowest BCUT2D eigenvalue weighted by Crippen LogP contribution is -1.99. The van der Waals surface area contributed by atoms with Gasteiger partial charge < -0.3 is 0 Å². The molecule has 0 spiro atoms. The number of rotatable bonds is 2. The van der Waals surface area contributed by atoms with Crippen LogP contribution in [0.25, 0.3) is 5.69 Å². The van der Waals surface area contributed by atoms with Crippen molar-refractivity contribution in [2.24, 2.45) is 0 Å². The Bertz CT molecular complexity index is 479. The summed E-state index contributed by atoms with van der Waals surface area (Å²) in [5.41, 5.74) is 2.11. The van der Waals surface area contributed by atoms with Gasteiger partial charge in [-0.15, -0.1) is 11.6 Å². The van der Waals surface area contributed by atoms with Crippen molar-refractivity contribution in [3.63, 3.8) is 0 Å². The molecule has 0 atom stereocenters. The molecule has 0 aliphatic carbocycles. The molecule has 0 radical (unpaired) electrons. The molecular weight excluding hydrogens is 215 g/mol. The molecule has 0 fully saturated rings. The summed E-state index contributed by atoms with van der Waals surface area (Å²) in [5.74, 6) is 0.136. The maximum atomic E-state index is 13.3. The third kappa shape index (κ3) is 1.88. The molecule has 1 aromatic carbocycles. The van der Waals surface area contributed by atoms with E-state index in [-0.39, 0.29) is 5.82 Å². The fraction of sp³-hybridized carbons (Fsp3) is 0.182. The monoisotopic (exact) mass is 224 g/mol. The Balaban J connectivity index is 2.49. The fourth-order valence-corrected chi connectivity index (χ4v) is 1.55. The van der Waals surface area contributed by atoms with Crippen molar-refractivity contribution in [3.8, 4) is 5.69 Å². The van der Waals surface area contributed by atoms with E-state index in [1.54, 1.807) is 23.9 Å². The molecular formula is C11H10ClFN2. The van der Waals surface area contributed by atoms with Gasteiger partial charge in [0, 0.05) is 11.8 Å². The lowest BCUT2D eigenvalue weighted by Gasteiger charge is -2.05. The van der Waals surface area contributed by atoms with Crippen molar-refractivity contribution >= 4 is 11.6 Å². The maximum Gasteiger partial charge on any atom is 0.128 e. The van der Waals surface area contributed by atoms with Crippen molar-refractivity contribution in [3.05, 3.63) is 47.5 Å². The lowest BCUT2D eigenvalue weighted by molar-refractivity contribution is 0.615. The molecule has 4 heteroatoms. The highest BCUT2D eigenvalue weighted by atomic mass is 35.5. The fourth-order valence-electron chi connectivity index (χ4n) is 1.41. The van der Waals surface area contributed by atoms with E-state index in [4.69, 9.17) is 11.6 Å². The van der Waals surface area contributed by atoms with Gasteiger partial charge in [-0.05, 0) is 25.1 Å². The average Bonchev–Trinajstić information content (AvgIpc) is 2.70. The van der Waals surface area contributed by atoms with Gasteiger partial charge in [0.05, 0.1) is 17.3 Å². The average molecular weight is 225 g/mol. The maximum absolute atomic E-state index is 13.3. The number of hydrogen-bond donors (Lipinski definition) is 0. The van der Waals surface area contributed by atoms with Gasteiger partial charge in [-0.25, -0.2) is 9.07 Å².